The van der Waals surface area contributed by atoms with Crippen molar-refractivity contribution in [2.75, 3.05) is 7.11 Å². The molecule has 1 fully saturated rings. The van der Waals surface area contributed by atoms with E-state index in [0.717, 1.165) is 24.2 Å². The van der Waals surface area contributed by atoms with Crippen molar-refractivity contribution < 1.29 is 14.3 Å². The van der Waals surface area contributed by atoms with Gasteiger partial charge in [-0.2, -0.15) is 0 Å². The van der Waals surface area contributed by atoms with Crippen molar-refractivity contribution in [2.45, 2.75) is 44.8 Å². The standard InChI is InChI=1S/C16H23NO3/c1-19-14-9-5-6-12(10-14)11-20-16(18)15(17)13-7-3-2-4-8-13/h5-6,9-10,13,15H,2-4,7-8,11,17H2,1H3. The summed E-state index contributed by atoms with van der Waals surface area (Å²) in [6.45, 7) is 0.246. The molecule has 2 N–H and O–H groups in total. The molecule has 0 radical (unpaired) electrons. The van der Waals surface area contributed by atoms with Crippen LogP contribution in [0.2, 0.25) is 0 Å². The van der Waals surface area contributed by atoms with Crippen molar-refractivity contribution in [3.8, 4) is 5.75 Å². The lowest BCUT2D eigenvalue weighted by atomic mass is 9.84. The monoisotopic (exact) mass is 277 g/mol. The number of hydrogen-bond acceptors (Lipinski definition) is 4. The number of rotatable bonds is 5. The van der Waals surface area contributed by atoms with E-state index in [4.69, 9.17) is 15.2 Å². The van der Waals surface area contributed by atoms with Crippen molar-refractivity contribution in [1.29, 1.82) is 0 Å². The number of carbonyl (C=O) groups is 1. The van der Waals surface area contributed by atoms with E-state index in [9.17, 15) is 4.79 Å². The van der Waals surface area contributed by atoms with Crippen LogP contribution in [0.15, 0.2) is 24.3 Å². The van der Waals surface area contributed by atoms with E-state index in [-0.39, 0.29) is 18.5 Å². The molecule has 4 heteroatoms. The highest BCUT2D eigenvalue weighted by atomic mass is 16.5. The maximum Gasteiger partial charge on any atom is 0.323 e. The van der Waals surface area contributed by atoms with Crippen LogP contribution in [0.3, 0.4) is 0 Å². The van der Waals surface area contributed by atoms with E-state index in [1.165, 1.54) is 19.3 Å². The van der Waals surface area contributed by atoms with Crippen molar-refractivity contribution in [1.82, 2.24) is 0 Å². The third-order valence-electron chi connectivity index (χ3n) is 3.95. The Balaban J connectivity index is 1.84. The van der Waals surface area contributed by atoms with Crippen LogP contribution in [0.4, 0.5) is 0 Å². The Kier molecular flexibility index (Phi) is 5.41. The van der Waals surface area contributed by atoms with Crippen LogP contribution in [0.25, 0.3) is 0 Å². The Labute approximate surface area is 120 Å². The summed E-state index contributed by atoms with van der Waals surface area (Å²) < 4.78 is 10.5. The average molecular weight is 277 g/mol. The molecule has 4 nitrogen and oxygen atoms in total. The van der Waals surface area contributed by atoms with Gasteiger partial charge in [-0.05, 0) is 36.5 Å². The highest BCUT2D eigenvalue weighted by Crippen LogP contribution is 2.26. The van der Waals surface area contributed by atoms with Crippen molar-refractivity contribution in [2.24, 2.45) is 11.7 Å². The van der Waals surface area contributed by atoms with Crippen LogP contribution in [-0.4, -0.2) is 19.1 Å². The minimum Gasteiger partial charge on any atom is -0.497 e. The zero-order valence-electron chi connectivity index (χ0n) is 12.0. The van der Waals surface area contributed by atoms with Crippen LogP contribution >= 0.6 is 0 Å². The highest BCUT2D eigenvalue weighted by molar-refractivity contribution is 5.75. The molecule has 0 bridgehead atoms. The lowest BCUT2D eigenvalue weighted by molar-refractivity contribution is -0.148. The first-order chi connectivity index (χ1) is 9.70. The molecular formula is C16H23NO3. The second-order valence-corrected chi connectivity index (χ2v) is 5.38. The van der Waals surface area contributed by atoms with Crippen molar-refractivity contribution >= 4 is 5.97 Å². The first-order valence-corrected chi connectivity index (χ1v) is 7.26. The Bertz CT molecular complexity index is 441. The van der Waals surface area contributed by atoms with Gasteiger partial charge >= 0.3 is 5.97 Å². The molecule has 2 rings (SSSR count). The summed E-state index contributed by atoms with van der Waals surface area (Å²) in [6.07, 6.45) is 5.66. The van der Waals surface area contributed by atoms with E-state index < -0.39 is 6.04 Å². The molecule has 0 aliphatic heterocycles. The van der Waals surface area contributed by atoms with Gasteiger partial charge in [-0.25, -0.2) is 0 Å². The van der Waals surface area contributed by atoms with E-state index in [1.807, 2.05) is 24.3 Å². The number of esters is 1. The molecule has 1 aromatic carbocycles. The van der Waals surface area contributed by atoms with Crippen LogP contribution in [0.5, 0.6) is 5.75 Å². The van der Waals surface area contributed by atoms with Crippen molar-refractivity contribution in [3.05, 3.63) is 29.8 Å². The minimum absolute atomic E-state index is 0.246. The van der Waals surface area contributed by atoms with Crippen molar-refractivity contribution in [3.63, 3.8) is 0 Å². The van der Waals surface area contributed by atoms with Crippen LogP contribution in [0, 0.1) is 5.92 Å². The second-order valence-electron chi connectivity index (χ2n) is 5.38. The smallest absolute Gasteiger partial charge is 0.323 e. The first kappa shape index (κ1) is 14.9. The molecule has 1 unspecified atom stereocenters. The lowest BCUT2D eigenvalue weighted by Gasteiger charge is -2.25. The molecule has 0 heterocycles. The van der Waals surface area contributed by atoms with Crippen LogP contribution < -0.4 is 10.5 Å². The predicted octanol–water partition coefficient (Wildman–Crippen LogP) is 2.65. The number of carbonyl (C=O) groups excluding carboxylic acids is 1. The van der Waals surface area contributed by atoms with Gasteiger partial charge in [-0.15, -0.1) is 0 Å². The van der Waals surface area contributed by atoms with Gasteiger partial charge in [0.2, 0.25) is 0 Å². The summed E-state index contributed by atoms with van der Waals surface area (Å²) in [5.41, 5.74) is 6.92. The number of methoxy groups -OCH3 is 1. The SMILES string of the molecule is COc1cccc(COC(=O)C(N)C2CCCCC2)c1. The minimum atomic E-state index is -0.485. The molecule has 110 valence electrons. The molecule has 1 aliphatic rings. The highest BCUT2D eigenvalue weighted by Gasteiger charge is 2.27. The van der Waals surface area contributed by atoms with Gasteiger partial charge in [-0.3, -0.25) is 4.79 Å². The van der Waals surface area contributed by atoms with Gasteiger partial charge in [0.25, 0.3) is 0 Å². The zero-order chi connectivity index (χ0) is 14.4. The summed E-state index contributed by atoms with van der Waals surface area (Å²) in [6, 6.07) is 7.02. The molecule has 1 aliphatic carbocycles. The van der Waals surface area contributed by atoms with Gasteiger partial charge in [0.1, 0.15) is 18.4 Å². The Morgan fingerprint density at radius 1 is 1.35 bits per heavy atom. The Morgan fingerprint density at radius 3 is 2.80 bits per heavy atom. The fourth-order valence-electron chi connectivity index (χ4n) is 2.70. The fourth-order valence-corrected chi connectivity index (χ4v) is 2.70. The number of ether oxygens (including phenoxy) is 2. The summed E-state index contributed by atoms with van der Waals surface area (Å²) in [7, 11) is 1.62. The molecule has 20 heavy (non-hydrogen) atoms. The fraction of sp³-hybridized carbons (Fsp3) is 0.562. The van der Waals surface area contributed by atoms with Gasteiger partial charge in [0.15, 0.2) is 0 Å². The van der Waals surface area contributed by atoms with E-state index >= 15 is 0 Å². The molecule has 1 aromatic rings. The molecule has 0 amide bonds. The molecule has 1 saturated carbocycles. The summed E-state index contributed by atoms with van der Waals surface area (Å²) in [5.74, 6) is 0.747. The largest absolute Gasteiger partial charge is 0.497 e. The van der Waals surface area contributed by atoms with Crippen LogP contribution in [0.1, 0.15) is 37.7 Å². The maximum atomic E-state index is 12.0. The summed E-state index contributed by atoms with van der Waals surface area (Å²) in [5, 5.41) is 0. The third-order valence-corrected chi connectivity index (χ3v) is 3.95. The summed E-state index contributed by atoms with van der Waals surface area (Å²) >= 11 is 0. The van der Waals surface area contributed by atoms with Gasteiger partial charge in [0, 0.05) is 0 Å². The Morgan fingerprint density at radius 2 is 2.10 bits per heavy atom. The van der Waals surface area contributed by atoms with E-state index in [1.54, 1.807) is 7.11 Å². The zero-order valence-corrected chi connectivity index (χ0v) is 12.0. The van der Waals surface area contributed by atoms with Gasteiger partial charge in [-0.1, -0.05) is 31.4 Å². The predicted molar refractivity (Wildman–Crippen MR) is 77.3 cm³/mol. The molecular weight excluding hydrogens is 254 g/mol. The second kappa shape index (κ2) is 7.29. The Hall–Kier alpha value is -1.55. The topological polar surface area (TPSA) is 61.5 Å². The third kappa shape index (κ3) is 3.97. The molecule has 0 aromatic heterocycles. The normalized spacial score (nSPS) is 17.5. The molecule has 1 atom stereocenters. The maximum absolute atomic E-state index is 12.0. The van der Waals surface area contributed by atoms with Gasteiger partial charge in [0.05, 0.1) is 7.11 Å². The molecule has 0 saturated heterocycles. The van der Waals surface area contributed by atoms with E-state index in [0.29, 0.717) is 0 Å². The summed E-state index contributed by atoms with van der Waals surface area (Å²) in [4.78, 5) is 12.0. The number of benzene rings is 1. The molecule has 0 spiro atoms. The number of hydrogen-bond donors (Lipinski definition) is 1. The van der Waals surface area contributed by atoms with E-state index in [2.05, 4.69) is 0 Å². The van der Waals surface area contributed by atoms with Gasteiger partial charge < -0.3 is 15.2 Å². The van der Waals surface area contributed by atoms with Crippen LogP contribution in [-0.2, 0) is 16.1 Å². The quantitative estimate of drug-likeness (QED) is 0.840. The first-order valence-electron chi connectivity index (χ1n) is 7.26. The number of nitrogens with two attached hydrogens (primary N) is 1. The lowest BCUT2D eigenvalue weighted by Crippen LogP contribution is -2.40. The average Bonchev–Trinajstić information content (AvgIpc) is 2.53.